The second-order valence-electron chi connectivity index (χ2n) is 4.29. The predicted molar refractivity (Wildman–Crippen MR) is 75.6 cm³/mol. The lowest BCUT2D eigenvalue weighted by Gasteiger charge is -2.32. The molecular formula is C11H13N5O4S. The Balaban J connectivity index is 2.17. The van der Waals surface area contributed by atoms with Gasteiger partial charge in [0.2, 0.25) is 0 Å². The van der Waals surface area contributed by atoms with Crippen molar-refractivity contribution in [2.75, 3.05) is 13.6 Å². The number of nitrogens with zero attached hydrogens (tertiary/aromatic N) is 4. The molecule has 1 aromatic rings. The fourth-order valence-electron chi connectivity index (χ4n) is 1.68. The van der Waals surface area contributed by atoms with Crippen LogP contribution >= 0.6 is 0 Å². The number of nitrogens with one attached hydrogen (secondary N) is 1. The van der Waals surface area contributed by atoms with E-state index in [0.717, 1.165) is 0 Å². The van der Waals surface area contributed by atoms with E-state index in [1.165, 1.54) is 40.7 Å². The van der Waals surface area contributed by atoms with Crippen LogP contribution in [0, 0.1) is 10.1 Å². The van der Waals surface area contributed by atoms with Crippen molar-refractivity contribution in [3.8, 4) is 0 Å². The zero-order valence-electron chi connectivity index (χ0n) is 11.3. The molecule has 0 fully saturated rings. The molecule has 112 valence electrons. The summed E-state index contributed by atoms with van der Waals surface area (Å²) >= 11 is 0. The number of nitro benzene ring substituents is 1. The van der Waals surface area contributed by atoms with E-state index in [-0.39, 0.29) is 12.2 Å². The zero-order chi connectivity index (χ0) is 15.6. The van der Waals surface area contributed by atoms with Gasteiger partial charge in [0.05, 0.1) is 22.1 Å². The Labute approximate surface area is 122 Å². The third kappa shape index (κ3) is 3.23. The SMILES string of the molecule is CC1=NNC(=O)N(N(C)S(=O)c2ccc([N+](=O)[O-])cc2)C1. The molecule has 0 saturated heterocycles. The molecule has 2 amide bonds. The molecule has 1 heterocycles. The van der Waals surface area contributed by atoms with Gasteiger partial charge in [0.1, 0.15) is 11.0 Å². The van der Waals surface area contributed by atoms with Gasteiger partial charge >= 0.3 is 6.03 Å². The first-order chi connectivity index (χ1) is 9.90. The van der Waals surface area contributed by atoms with Crippen LogP contribution in [0.3, 0.4) is 0 Å². The molecule has 0 radical (unpaired) electrons. The average Bonchev–Trinajstić information content (AvgIpc) is 2.48. The number of carbonyl (C=O) groups is 1. The Morgan fingerprint density at radius 1 is 1.43 bits per heavy atom. The van der Waals surface area contributed by atoms with Gasteiger partial charge in [-0.05, 0) is 19.1 Å². The van der Waals surface area contributed by atoms with Crippen molar-refractivity contribution in [2.24, 2.45) is 5.10 Å². The number of amides is 2. The Morgan fingerprint density at radius 2 is 2.05 bits per heavy atom. The van der Waals surface area contributed by atoms with Gasteiger partial charge in [-0.3, -0.25) is 10.1 Å². The molecule has 9 nitrogen and oxygen atoms in total. The minimum atomic E-state index is -1.66. The Bertz CT molecular complexity index is 630. The van der Waals surface area contributed by atoms with E-state index >= 15 is 0 Å². The molecule has 1 N–H and O–H groups in total. The lowest BCUT2D eigenvalue weighted by molar-refractivity contribution is -0.384. The highest BCUT2D eigenvalue weighted by atomic mass is 32.2. The Kier molecular flexibility index (Phi) is 4.29. The minimum Gasteiger partial charge on any atom is -0.258 e. The normalized spacial score (nSPS) is 16.4. The minimum absolute atomic E-state index is 0.0860. The van der Waals surface area contributed by atoms with E-state index in [0.29, 0.717) is 10.6 Å². The largest absolute Gasteiger partial charge is 0.353 e. The molecule has 0 bridgehead atoms. The molecule has 1 unspecified atom stereocenters. The number of nitro groups is 1. The van der Waals surface area contributed by atoms with Crippen LogP contribution in [0.4, 0.5) is 10.5 Å². The highest BCUT2D eigenvalue weighted by Gasteiger charge is 2.27. The first-order valence-electron chi connectivity index (χ1n) is 5.91. The maximum Gasteiger partial charge on any atom is 0.353 e. The van der Waals surface area contributed by atoms with Gasteiger partial charge in [0.25, 0.3) is 5.69 Å². The highest BCUT2D eigenvalue weighted by molar-refractivity contribution is 7.82. The van der Waals surface area contributed by atoms with Gasteiger partial charge in [0.15, 0.2) is 0 Å². The summed E-state index contributed by atoms with van der Waals surface area (Å²) in [4.78, 5) is 22.1. The van der Waals surface area contributed by atoms with Crippen molar-refractivity contribution in [1.82, 2.24) is 14.8 Å². The van der Waals surface area contributed by atoms with Crippen LogP contribution in [0.5, 0.6) is 0 Å². The van der Waals surface area contributed by atoms with Gasteiger partial charge in [-0.15, -0.1) is 4.41 Å². The summed E-state index contributed by atoms with van der Waals surface area (Å²) in [5.41, 5.74) is 2.89. The van der Waals surface area contributed by atoms with E-state index < -0.39 is 21.9 Å². The van der Waals surface area contributed by atoms with Crippen molar-refractivity contribution in [2.45, 2.75) is 11.8 Å². The fourth-order valence-corrected chi connectivity index (χ4v) is 2.66. The number of carbonyl (C=O) groups excluding carboxylic acids is 1. The topological polar surface area (TPSA) is 108 Å². The van der Waals surface area contributed by atoms with Crippen LogP contribution in [-0.4, -0.2) is 43.9 Å². The third-order valence-electron chi connectivity index (χ3n) is 2.78. The second kappa shape index (κ2) is 5.97. The van der Waals surface area contributed by atoms with Crippen molar-refractivity contribution in [3.63, 3.8) is 0 Å². The number of rotatable bonds is 4. The number of hydrogen-bond donors (Lipinski definition) is 1. The number of hydrazone groups is 1. The van der Waals surface area contributed by atoms with Crippen LogP contribution < -0.4 is 5.43 Å². The van der Waals surface area contributed by atoms with E-state index in [2.05, 4.69) is 10.5 Å². The molecule has 21 heavy (non-hydrogen) atoms. The van der Waals surface area contributed by atoms with Gasteiger partial charge in [-0.1, -0.05) is 0 Å². The first kappa shape index (κ1) is 15.1. The fraction of sp³-hybridized carbons (Fsp3) is 0.273. The lowest BCUT2D eigenvalue weighted by Crippen LogP contribution is -2.53. The summed E-state index contributed by atoms with van der Waals surface area (Å²) in [6.45, 7) is 1.95. The van der Waals surface area contributed by atoms with E-state index in [1.54, 1.807) is 6.92 Å². The van der Waals surface area contributed by atoms with E-state index in [4.69, 9.17) is 0 Å². The maximum absolute atomic E-state index is 12.4. The number of hydrogen-bond acceptors (Lipinski definition) is 5. The first-order valence-corrected chi connectivity index (χ1v) is 7.01. The standard InChI is InChI=1S/C11H13N5O4S/c1-8-7-15(11(17)13-12-8)14(2)21(20)10-5-3-9(4-6-10)16(18)19/h3-6H,7H2,1-2H3,(H,13,17). The van der Waals surface area contributed by atoms with E-state index in [1.807, 2.05) is 0 Å². The van der Waals surface area contributed by atoms with Crippen LogP contribution in [0.15, 0.2) is 34.3 Å². The van der Waals surface area contributed by atoms with Crippen LogP contribution in [0.2, 0.25) is 0 Å². The smallest absolute Gasteiger partial charge is 0.258 e. The lowest BCUT2D eigenvalue weighted by atomic mass is 10.3. The number of benzene rings is 1. The summed E-state index contributed by atoms with van der Waals surface area (Å²) in [5.74, 6) is 0. The number of hydrazine groups is 1. The van der Waals surface area contributed by atoms with Crippen molar-refractivity contribution < 1.29 is 13.9 Å². The molecule has 1 atom stereocenters. The summed E-state index contributed by atoms with van der Waals surface area (Å²) in [6, 6.07) is 4.84. The molecular weight excluding hydrogens is 298 g/mol. The predicted octanol–water partition coefficient (Wildman–Crippen LogP) is 0.865. The molecule has 0 aliphatic carbocycles. The Hall–Kier alpha value is -2.33. The molecule has 2 rings (SSSR count). The summed E-state index contributed by atoms with van der Waals surface area (Å²) in [7, 11) is -0.166. The molecule has 10 heteroatoms. The monoisotopic (exact) mass is 311 g/mol. The molecule has 1 aromatic carbocycles. The zero-order valence-corrected chi connectivity index (χ0v) is 12.2. The molecule has 0 saturated carbocycles. The number of non-ortho nitro benzene ring substituents is 1. The third-order valence-corrected chi connectivity index (χ3v) is 4.14. The van der Waals surface area contributed by atoms with Crippen molar-refractivity contribution in [1.29, 1.82) is 0 Å². The summed E-state index contributed by atoms with van der Waals surface area (Å²) in [6.07, 6.45) is 0. The molecule has 0 aromatic heterocycles. The average molecular weight is 311 g/mol. The van der Waals surface area contributed by atoms with Gasteiger partial charge in [-0.25, -0.2) is 19.4 Å². The van der Waals surface area contributed by atoms with Crippen LogP contribution in [0.25, 0.3) is 0 Å². The van der Waals surface area contributed by atoms with E-state index in [9.17, 15) is 19.1 Å². The van der Waals surface area contributed by atoms with Crippen LogP contribution in [0.1, 0.15) is 6.92 Å². The van der Waals surface area contributed by atoms with Gasteiger partial charge < -0.3 is 0 Å². The Morgan fingerprint density at radius 3 is 2.62 bits per heavy atom. The maximum atomic E-state index is 12.4. The molecule has 0 spiro atoms. The van der Waals surface area contributed by atoms with Crippen molar-refractivity contribution >= 4 is 28.4 Å². The quantitative estimate of drug-likeness (QED) is 0.657. The molecule has 1 aliphatic rings. The summed E-state index contributed by atoms with van der Waals surface area (Å²) in [5, 5.41) is 15.6. The van der Waals surface area contributed by atoms with Crippen molar-refractivity contribution in [3.05, 3.63) is 34.4 Å². The molecule has 1 aliphatic heterocycles. The highest BCUT2D eigenvalue weighted by Crippen LogP contribution is 2.17. The van der Waals surface area contributed by atoms with Gasteiger partial charge in [0, 0.05) is 19.2 Å². The second-order valence-corrected chi connectivity index (χ2v) is 5.78. The van der Waals surface area contributed by atoms with Gasteiger partial charge in [-0.2, -0.15) is 5.10 Å². The number of urea groups is 1. The summed E-state index contributed by atoms with van der Waals surface area (Å²) < 4.78 is 13.6. The van der Waals surface area contributed by atoms with Crippen LogP contribution in [-0.2, 0) is 11.0 Å².